The highest BCUT2D eigenvalue weighted by Crippen LogP contribution is 1.98. The Morgan fingerprint density at radius 1 is 1.29 bits per heavy atom. The van der Waals surface area contributed by atoms with Crippen LogP contribution < -0.4 is 16.0 Å². The van der Waals surface area contributed by atoms with Crippen LogP contribution in [0.2, 0.25) is 0 Å². The largest absolute Gasteiger partial charge is 0.396 e. The maximum atomic E-state index is 11.6. The molecule has 0 saturated carbocycles. The molecule has 6 nitrogen and oxygen atoms in total. The maximum absolute atomic E-state index is 11.6. The van der Waals surface area contributed by atoms with E-state index in [1.165, 1.54) is 0 Å². The number of carbonyl (C=O) groups excluding carboxylic acids is 2. The number of carbonyl (C=O) groups is 2. The molecule has 2 unspecified atom stereocenters. The molecular formula is C11H23N3O3. The molecule has 0 rings (SSSR count). The molecule has 3 amide bonds. The van der Waals surface area contributed by atoms with Crippen LogP contribution in [-0.2, 0) is 4.79 Å². The Kier molecular flexibility index (Phi) is 8.35. The quantitative estimate of drug-likeness (QED) is 0.507. The normalized spacial score (nSPS) is 13.9. The number of hydrogen-bond acceptors (Lipinski definition) is 4. The topological polar surface area (TPSA) is 90.5 Å². The third kappa shape index (κ3) is 6.91. The van der Waals surface area contributed by atoms with E-state index in [0.717, 1.165) is 6.42 Å². The van der Waals surface area contributed by atoms with Gasteiger partial charge in [-0.25, -0.2) is 4.79 Å². The molecule has 100 valence electrons. The second-order valence-electron chi connectivity index (χ2n) is 3.85. The van der Waals surface area contributed by atoms with Gasteiger partial charge in [-0.2, -0.15) is 0 Å². The average molecular weight is 245 g/mol. The fourth-order valence-electron chi connectivity index (χ4n) is 1.42. The van der Waals surface area contributed by atoms with Crippen molar-refractivity contribution in [2.45, 2.75) is 45.7 Å². The van der Waals surface area contributed by atoms with Gasteiger partial charge in [-0.1, -0.05) is 6.92 Å². The lowest BCUT2D eigenvalue weighted by molar-refractivity contribution is -0.121. The zero-order valence-electron chi connectivity index (χ0n) is 10.7. The molecule has 0 saturated heterocycles. The summed E-state index contributed by atoms with van der Waals surface area (Å²) >= 11 is 0. The molecule has 0 aliphatic rings. The van der Waals surface area contributed by atoms with Crippen LogP contribution in [-0.4, -0.2) is 42.3 Å². The van der Waals surface area contributed by atoms with Crippen molar-refractivity contribution in [3.8, 4) is 0 Å². The van der Waals surface area contributed by atoms with Crippen LogP contribution in [0.3, 0.4) is 0 Å². The van der Waals surface area contributed by atoms with Gasteiger partial charge in [0.1, 0.15) is 0 Å². The van der Waals surface area contributed by atoms with Crippen LogP contribution in [0.15, 0.2) is 0 Å². The number of nitrogens with one attached hydrogen (secondary N) is 3. The fraction of sp³-hybridized carbons (Fsp3) is 0.818. The molecule has 0 aromatic heterocycles. The van der Waals surface area contributed by atoms with Crippen molar-refractivity contribution in [3.05, 3.63) is 0 Å². The minimum absolute atomic E-state index is 0.0787. The van der Waals surface area contributed by atoms with Crippen molar-refractivity contribution in [2.75, 3.05) is 13.2 Å². The number of amides is 3. The van der Waals surface area contributed by atoms with Gasteiger partial charge < -0.3 is 15.7 Å². The summed E-state index contributed by atoms with van der Waals surface area (Å²) in [6, 6.07) is -0.870. The highest BCUT2D eigenvalue weighted by Gasteiger charge is 2.18. The smallest absolute Gasteiger partial charge is 0.321 e. The number of urea groups is 1. The second kappa shape index (κ2) is 8.95. The Morgan fingerprint density at radius 2 is 1.94 bits per heavy atom. The molecular weight excluding hydrogens is 222 g/mol. The summed E-state index contributed by atoms with van der Waals surface area (Å²) in [5.41, 5.74) is 0. The zero-order valence-corrected chi connectivity index (χ0v) is 10.7. The van der Waals surface area contributed by atoms with Crippen molar-refractivity contribution in [1.82, 2.24) is 16.0 Å². The van der Waals surface area contributed by atoms with Gasteiger partial charge in [-0.05, 0) is 26.7 Å². The fourth-order valence-corrected chi connectivity index (χ4v) is 1.42. The molecule has 0 fully saturated rings. The minimum atomic E-state index is -0.485. The van der Waals surface area contributed by atoms with Gasteiger partial charge in [0.15, 0.2) is 0 Å². The van der Waals surface area contributed by atoms with Crippen molar-refractivity contribution < 1.29 is 14.7 Å². The molecule has 0 aromatic rings. The number of aliphatic hydroxyl groups excluding tert-OH is 1. The van der Waals surface area contributed by atoms with Crippen LogP contribution in [0.5, 0.6) is 0 Å². The van der Waals surface area contributed by atoms with Gasteiger partial charge >= 0.3 is 6.03 Å². The van der Waals surface area contributed by atoms with E-state index in [-0.39, 0.29) is 18.6 Å². The summed E-state index contributed by atoms with van der Waals surface area (Å²) in [6.07, 6.45) is 1.41. The van der Waals surface area contributed by atoms with Crippen LogP contribution in [0.1, 0.15) is 33.6 Å². The molecule has 6 heteroatoms. The molecule has 2 atom stereocenters. The number of hydrogen-bond donors (Lipinski definition) is 4. The second-order valence-corrected chi connectivity index (χ2v) is 3.85. The van der Waals surface area contributed by atoms with E-state index in [9.17, 15) is 9.59 Å². The van der Waals surface area contributed by atoms with Gasteiger partial charge in [0.2, 0.25) is 5.91 Å². The highest BCUT2D eigenvalue weighted by atomic mass is 16.3. The van der Waals surface area contributed by atoms with Crippen molar-refractivity contribution in [2.24, 2.45) is 0 Å². The maximum Gasteiger partial charge on any atom is 0.321 e. The average Bonchev–Trinajstić information content (AvgIpc) is 2.28. The minimum Gasteiger partial charge on any atom is -0.396 e. The Bertz CT molecular complexity index is 246. The molecule has 0 spiro atoms. The highest BCUT2D eigenvalue weighted by molar-refractivity contribution is 5.96. The molecule has 0 heterocycles. The lowest BCUT2D eigenvalue weighted by Crippen LogP contribution is -2.50. The predicted octanol–water partition coefficient (Wildman–Crippen LogP) is -0.0288. The van der Waals surface area contributed by atoms with Crippen molar-refractivity contribution >= 4 is 11.9 Å². The Hall–Kier alpha value is -1.14. The predicted molar refractivity (Wildman–Crippen MR) is 65.6 cm³/mol. The van der Waals surface area contributed by atoms with Crippen LogP contribution >= 0.6 is 0 Å². The first-order valence-corrected chi connectivity index (χ1v) is 6.00. The van der Waals surface area contributed by atoms with Gasteiger partial charge in [0.05, 0.1) is 6.04 Å². The van der Waals surface area contributed by atoms with Crippen LogP contribution in [0, 0.1) is 0 Å². The monoisotopic (exact) mass is 245 g/mol. The van der Waals surface area contributed by atoms with E-state index in [0.29, 0.717) is 13.0 Å². The zero-order chi connectivity index (χ0) is 13.3. The summed E-state index contributed by atoms with van der Waals surface area (Å²) in [5.74, 6) is -0.368. The SMILES string of the molecule is CCNC(=O)NC(=O)C(C)NC(CC)CCO. The van der Waals surface area contributed by atoms with Crippen molar-refractivity contribution in [1.29, 1.82) is 0 Å². The van der Waals surface area contributed by atoms with Crippen molar-refractivity contribution in [3.63, 3.8) is 0 Å². The van der Waals surface area contributed by atoms with E-state index in [4.69, 9.17) is 5.11 Å². The molecule has 0 aliphatic heterocycles. The van der Waals surface area contributed by atoms with Crippen LogP contribution in [0.25, 0.3) is 0 Å². The Labute approximate surface area is 102 Å². The number of rotatable bonds is 7. The summed E-state index contributed by atoms with van der Waals surface area (Å²) in [7, 11) is 0. The summed E-state index contributed by atoms with van der Waals surface area (Å²) in [5, 5.41) is 16.6. The molecule has 17 heavy (non-hydrogen) atoms. The summed E-state index contributed by atoms with van der Waals surface area (Å²) in [6.45, 7) is 6.00. The van der Waals surface area contributed by atoms with Gasteiger partial charge in [-0.15, -0.1) is 0 Å². The van der Waals surface area contributed by atoms with Gasteiger partial charge in [0.25, 0.3) is 0 Å². The van der Waals surface area contributed by atoms with E-state index in [2.05, 4.69) is 16.0 Å². The van der Waals surface area contributed by atoms with E-state index in [1.807, 2.05) is 6.92 Å². The first-order chi connectivity index (χ1) is 8.04. The van der Waals surface area contributed by atoms with Gasteiger partial charge in [0, 0.05) is 19.2 Å². The van der Waals surface area contributed by atoms with Crippen LogP contribution in [0.4, 0.5) is 4.79 Å². The lowest BCUT2D eigenvalue weighted by atomic mass is 10.1. The van der Waals surface area contributed by atoms with E-state index < -0.39 is 12.1 Å². The Balaban J connectivity index is 4.07. The standard InChI is InChI=1S/C11H23N3O3/c1-4-9(6-7-15)13-8(3)10(16)14-11(17)12-5-2/h8-9,13,15H,4-7H2,1-3H3,(H2,12,14,16,17). The summed E-state index contributed by atoms with van der Waals surface area (Å²) < 4.78 is 0. The number of aliphatic hydroxyl groups is 1. The lowest BCUT2D eigenvalue weighted by Gasteiger charge is -2.20. The summed E-state index contributed by atoms with van der Waals surface area (Å²) in [4.78, 5) is 22.7. The molecule has 4 N–H and O–H groups in total. The third-order valence-corrected chi connectivity index (χ3v) is 2.42. The third-order valence-electron chi connectivity index (χ3n) is 2.42. The molecule has 0 bridgehead atoms. The Morgan fingerprint density at radius 3 is 2.41 bits per heavy atom. The first-order valence-electron chi connectivity index (χ1n) is 6.00. The van der Waals surface area contributed by atoms with E-state index in [1.54, 1.807) is 13.8 Å². The number of imide groups is 1. The first kappa shape index (κ1) is 15.9. The van der Waals surface area contributed by atoms with E-state index >= 15 is 0 Å². The van der Waals surface area contributed by atoms with Gasteiger partial charge in [-0.3, -0.25) is 10.1 Å². The molecule has 0 aliphatic carbocycles. The molecule has 0 radical (unpaired) electrons. The molecule has 0 aromatic carbocycles.